The summed E-state index contributed by atoms with van der Waals surface area (Å²) in [5, 5.41) is 4.08. The van der Waals surface area contributed by atoms with E-state index < -0.39 is 0 Å². The lowest BCUT2D eigenvalue weighted by Gasteiger charge is -1.99. The summed E-state index contributed by atoms with van der Waals surface area (Å²) in [5.41, 5.74) is 1.27. The summed E-state index contributed by atoms with van der Waals surface area (Å²) >= 11 is 0. The highest BCUT2D eigenvalue weighted by Crippen LogP contribution is 2.32. The van der Waals surface area contributed by atoms with Gasteiger partial charge in [-0.2, -0.15) is 0 Å². The zero-order valence-corrected chi connectivity index (χ0v) is 15.9. The van der Waals surface area contributed by atoms with Crippen molar-refractivity contribution in [3.05, 3.63) is 75.0 Å². The number of rotatable bonds is 5. The summed E-state index contributed by atoms with van der Waals surface area (Å²) < 4.78 is 17.2. The van der Waals surface area contributed by atoms with E-state index in [9.17, 15) is 9.59 Å². The van der Waals surface area contributed by atoms with Gasteiger partial charge in [-0.3, -0.25) is 14.7 Å². The standard InChI is InChI=1S/C22H20N2O5/c1-2-27-21(25)11-9-18-17(12-15-8-10-19-20(13-15)29-14-28-19)22(26)24(23-18)16-6-4-3-5-7-16/h3-10,12-13,23H,2,11,14H2,1H3. The van der Waals surface area contributed by atoms with Crippen molar-refractivity contribution in [2.24, 2.45) is 0 Å². The first-order chi connectivity index (χ1) is 14.2. The number of fused-ring (bicyclic) bond motifs is 1. The van der Waals surface area contributed by atoms with Gasteiger partial charge in [0.05, 0.1) is 29.3 Å². The van der Waals surface area contributed by atoms with Crippen molar-refractivity contribution >= 4 is 18.1 Å². The van der Waals surface area contributed by atoms with E-state index in [1.165, 1.54) is 4.68 Å². The molecule has 0 fully saturated rings. The van der Waals surface area contributed by atoms with Gasteiger partial charge in [-0.25, -0.2) is 4.68 Å². The highest BCUT2D eigenvalue weighted by atomic mass is 16.7. The molecule has 7 nitrogen and oxygen atoms in total. The number of nitrogens with zero attached hydrogens (tertiary/aromatic N) is 1. The van der Waals surface area contributed by atoms with Gasteiger partial charge in [-0.15, -0.1) is 0 Å². The molecule has 1 aromatic heterocycles. The van der Waals surface area contributed by atoms with Crippen LogP contribution in [-0.2, 0) is 9.53 Å². The summed E-state index contributed by atoms with van der Waals surface area (Å²) in [6.07, 6.45) is 3.49. The number of carbonyl (C=O) groups is 1. The van der Waals surface area contributed by atoms with Gasteiger partial charge in [0.1, 0.15) is 0 Å². The maximum absolute atomic E-state index is 13.1. The van der Waals surface area contributed by atoms with E-state index >= 15 is 0 Å². The summed E-state index contributed by atoms with van der Waals surface area (Å²) in [5.74, 6) is 0.955. The van der Waals surface area contributed by atoms with Gasteiger partial charge in [-0.05, 0) is 48.9 Å². The fourth-order valence-electron chi connectivity index (χ4n) is 3.10. The fraction of sp³-hybridized carbons (Fsp3) is 0.182. The van der Waals surface area contributed by atoms with Crippen LogP contribution in [0.5, 0.6) is 11.5 Å². The average Bonchev–Trinajstić information content (AvgIpc) is 3.32. The highest BCUT2D eigenvalue weighted by molar-refractivity contribution is 5.75. The van der Waals surface area contributed by atoms with Gasteiger partial charge in [-0.1, -0.05) is 24.3 Å². The predicted octanol–water partition coefficient (Wildman–Crippen LogP) is 1.46. The quantitative estimate of drug-likeness (QED) is 0.665. The van der Waals surface area contributed by atoms with Crippen LogP contribution in [0.15, 0.2) is 53.3 Å². The third kappa shape index (κ3) is 3.94. The molecule has 4 rings (SSSR count). The van der Waals surface area contributed by atoms with Crippen molar-refractivity contribution < 1.29 is 19.0 Å². The number of H-pyrrole nitrogens is 1. The van der Waals surface area contributed by atoms with E-state index in [2.05, 4.69) is 5.10 Å². The minimum Gasteiger partial charge on any atom is -0.466 e. The van der Waals surface area contributed by atoms with Crippen LogP contribution in [-0.4, -0.2) is 29.1 Å². The lowest BCUT2D eigenvalue weighted by atomic mass is 10.1. The second-order valence-corrected chi connectivity index (χ2v) is 6.39. The van der Waals surface area contributed by atoms with E-state index in [0.29, 0.717) is 34.4 Å². The number of hydrogen-bond donors (Lipinski definition) is 1. The van der Waals surface area contributed by atoms with Crippen molar-refractivity contribution in [1.82, 2.24) is 9.78 Å². The number of benzene rings is 2. The van der Waals surface area contributed by atoms with Crippen molar-refractivity contribution in [3.63, 3.8) is 0 Å². The van der Waals surface area contributed by atoms with Gasteiger partial charge in [0, 0.05) is 0 Å². The van der Waals surface area contributed by atoms with Crippen LogP contribution >= 0.6 is 0 Å². The lowest BCUT2D eigenvalue weighted by molar-refractivity contribution is -0.141. The number of aromatic nitrogens is 2. The summed E-state index contributed by atoms with van der Waals surface area (Å²) in [4.78, 5) is 24.9. The molecule has 0 unspecified atom stereocenters. The largest absolute Gasteiger partial charge is 0.466 e. The van der Waals surface area contributed by atoms with E-state index in [1.54, 1.807) is 25.1 Å². The molecule has 2 aromatic carbocycles. The number of esters is 1. The highest BCUT2D eigenvalue weighted by Gasteiger charge is 2.13. The van der Waals surface area contributed by atoms with E-state index in [-0.39, 0.29) is 24.7 Å². The molecule has 0 atom stereocenters. The second kappa shape index (κ2) is 8.10. The molecule has 0 spiro atoms. The Morgan fingerprint density at radius 3 is 2.76 bits per heavy atom. The molecule has 0 saturated heterocycles. The first-order valence-electron chi connectivity index (χ1n) is 9.29. The van der Waals surface area contributed by atoms with Crippen molar-refractivity contribution in [3.8, 4) is 17.2 Å². The normalized spacial score (nSPS) is 13.7. The number of carbonyl (C=O) groups excluding carboxylic acids is 1. The SMILES string of the molecule is CCOC(=O)CC=c1[nH]n(-c2ccccc2)c(=O)c1=Cc1ccc2c(c1)OCO2. The van der Waals surface area contributed by atoms with E-state index in [4.69, 9.17) is 14.2 Å². The smallest absolute Gasteiger partial charge is 0.309 e. The van der Waals surface area contributed by atoms with Crippen molar-refractivity contribution in [2.45, 2.75) is 13.3 Å². The van der Waals surface area contributed by atoms with Crippen molar-refractivity contribution in [2.75, 3.05) is 13.4 Å². The zero-order chi connectivity index (χ0) is 20.2. The maximum Gasteiger partial charge on any atom is 0.309 e. The molecule has 0 amide bonds. The summed E-state index contributed by atoms with van der Waals surface area (Å²) in [6.45, 7) is 2.25. The first kappa shape index (κ1) is 18.6. The Labute approximate surface area is 166 Å². The monoisotopic (exact) mass is 392 g/mol. The molecule has 2 heterocycles. The predicted molar refractivity (Wildman–Crippen MR) is 107 cm³/mol. The average molecular weight is 392 g/mol. The number of para-hydroxylation sites is 1. The molecule has 7 heteroatoms. The molecule has 29 heavy (non-hydrogen) atoms. The Morgan fingerprint density at radius 1 is 1.17 bits per heavy atom. The lowest BCUT2D eigenvalue weighted by Crippen LogP contribution is -2.34. The van der Waals surface area contributed by atoms with Crippen LogP contribution in [0.1, 0.15) is 18.9 Å². The van der Waals surface area contributed by atoms with E-state index in [0.717, 1.165) is 5.56 Å². The Bertz CT molecular complexity index is 1210. The summed E-state index contributed by atoms with van der Waals surface area (Å²) in [6, 6.07) is 14.7. The topological polar surface area (TPSA) is 82.6 Å². The summed E-state index contributed by atoms with van der Waals surface area (Å²) in [7, 11) is 0. The van der Waals surface area contributed by atoms with Crippen LogP contribution < -0.4 is 25.6 Å². The molecule has 1 N–H and O–H groups in total. The number of aromatic amines is 1. The molecule has 0 saturated carbocycles. The molecule has 148 valence electrons. The number of nitrogens with one attached hydrogen (secondary N) is 1. The van der Waals surface area contributed by atoms with Gasteiger partial charge < -0.3 is 14.2 Å². The third-order valence-corrected chi connectivity index (χ3v) is 4.46. The van der Waals surface area contributed by atoms with Crippen LogP contribution in [0.3, 0.4) is 0 Å². The minimum absolute atomic E-state index is 0.0601. The van der Waals surface area contributed by atoms with Crippen LogP contribution in [0.25, 0.3) is 17.8 Å². The van der Waals surface area contributed by atoms with Crippen LogP contribution in [0, 0.1) is 0 Å². The Balaban J connectivity index is 1.84. The molecule has 0 radical (unpaired) electrons. The molecule has 1 aliphatic rings. The molecule has 0 aliphatic carbocycles. The first-order valence-corrected chi connectivity index (χ1v) is 9.29. The third-order valence-electron chi connectivity index (χ3n) is 4.46. The zero-order valence-electron chi connectivity index (χ0n) is 15.9. The van der Waals surface area contributed by atoms with E-state index in [1.807, 2.05) is 42.5 Å². The molecule has 1 aliphatic heterocycles. The van der Waals surface area contributed by atoms with Gasteiger partial charge in [0.25, 0.3) is 5.56 Å². The Hall–Kier alpha value is -3.74. The fourth-order valence-corrected chi connectivity index (χ4v) is 3.10. The van der Waals surface area contributed by atoms with Crippen molar-refractivity contribution in [1.29, 1.82) is 0 Å². The molecular weight excluding hydrogens is 372 g/mol. The van der Waals surface area contributed by atoms with Gasteiger partial charge >= 0.3 is 5.97 Å². The second-order valence-electron chi connectivity index (χ2n) is 6.39. The molecule has 3 aromatic rings. The Morgan fingerprint density at radius 2 is 1.97 bits per heavy atom. The minimum atomic E-state index is -0.352. The van der Waals surface area contributed by atoms with Crippen LogP contribution in [0.4, 0.5) is 0 Å². The Kier molecular flexibility index (Phi) is 5.20. The number of ether oxygens (including phenoxy) is 3. The van der Waals surface area contributed by atoms with Gasteiger partial charge in [0.2, 0.25) is 6.79 Å². The number of hydrogen-bond acceptors (Lipinski definition) is 5. The molecular formula is C22H20N2O5. The maximum atomic E-state index is 13.1. The molecule has 0 bridgehead atoms. The van der Waals surface area contributed by atoms with Crippen LogP contribution in [0.2, 0.25) is 0 Å². The van der Waals surface area contributed by atoms with Gasteiger partial charge in [0.15, 0.2) is 11.5 Å².